The number of amides is 2. The Balaban J connectivity index is 1.56. The van der Waals surface area contributed by atoms with Crippen LogP contribution in [0, 0.1) is 12.8 Å². The molecule has 3 N–H and O–H groups in total. The molecule has 0 radical (unpaired) electrons. The van der Waals surface area contributed by atoms with Crippen LogP contribution in [-0.2, 0) is 16.1 Å². The molecule has 1 aromatic rings. The Labute approximate surface area is 150 Å². The average molecular weight is 343 g/mol. The quantitative estimate of drug-likeness (QED) is 0.740. The lowest BCUT2D eigenvalue weighted by Crippen LogP contribution is -2.55. The van der Waals surface area contributed by atoms with E-state index in [1.165, 1.54) is 11.1 Å². The Bertz CT molecular complexity index is 623. The van der Waals surface area contributed by atoms with Crippen molar-refractivity contribution in [1.29, 1.82) is 0 Å². The van der Waals surface area contributed by atoms with Crippen LogP contribution in [0.15, 0.2) is 24.3 Å². The summed E-state index contributed by atoms with van der Waals surface area (Å²) < 4.78 is 0. The van der Waals surface area contributed by atoms with E-state index in [1.807, 2.05) is 0 Å². The first-order valence-electron chi connectivity index (χ1n) is 9.42. The minimum absolute atomic E-state index is 0.00968. The zero-order chi connectivity index (χ0) is 17.7. The molecule has 136 valence electrons. The summed E-state index contributed by atoms with van der Waals surface area (Å²) in [5.41, 5.74) is 2.42. The predicted molar refractivity (Wildman–Crippen MR) is 98.0 cm³/mol. The number of piperidine rings is 1. The van der Waals surface area contributed by atoms with Crippen molar-refractivity contribution < 1.29 is 9.59 Å². The van der Waals surface area contributed by atoms with Crippen LogP contribution in [0.3, 0.4) is 0 Å². The standard InChI is InChI=1S/C20H29N3O2/c1-15-6-2-3-7-17(15)13-21-14-20(9-4-5-10-20)23-19(25)16-8-11-22-18(24)12-16/h2-3,6-7,16,21H,4-5,8-14H2,1H3,(H,22,24)(H,23,25). The maximum Gasteiger partial charge on any atom is 0.224 e. The van der Waals surface area contributed by atoms with E-state index in [9.17, 15) is 9.59 Å². The van der Waals surface area contributed by atoms with Gasteiger partial charge in [0, 0.05) is 32.0 Å². The Kier molecular flexibility index (Phi) is 5.74. The third kappa shape index (κ3) is 4.60. The second kappa shape index (κ2) is 8.00. The molecule has 2 aliphatic rings. The fourth-order valence-corrected chi connectivity index (χ4v) is 4.01. The predicted octanol–water partition coefficient (Wildman–Crippen LogP) is 2.04. The van der Waals surface area contributed by atoms with E-state index in [2.05, 4.69) is 47.1 Å². The first kappa shape index (κ1) is 17.9. The van der Waals surface area contributed by atoms with Gasteiger partial charge in [-0.15, -0.1) is 0 Å². The second-order valence-electron chi connectivity index (χ2n) is 7.55. The Morgan fingerprint density at radius 2 is 2.04 bits per heavy atom. The van der Waals surface area contributed by atoms with Crippen LogP contribution in [-0.4, -0.2) is 30.4 Å². The topological polar surface area (TPSA) is 70.2 Å². The number of nitrogens with one attached hydrogen (secondary N) is 3. The third-order valence-electron chi connectivity index (χ3n) is 5.61. The summed E-state index contributed by atoms with van der Waals surface area (Å²) in [5, 5.41) is 9.65. The molecule has 0 bridgehead atoms. The summed E-state index contributed by atoms with van der Waals surface area (Å²) in [6, 6.07) is 8.38. The molecule has 1 atom stereocenters. The highest BCUT2D eigenvalue weighted by Crippen LogP contribution is 2.30. The number of aryl methyl sites for hydroxylation is 1. The van der Waals surface area contributed by atoms with Crippen molar-refractivity contribution in [3.05, 3.63) is 35.4 Å². The van der Waals surface area contributed by atoms with Gasteiger partial charge in [0.05, 0.1) is 5.54 Å². The summed E-state index contributed by atoms with van der Waals surface area (Å²) in [5.74, 6) is -0.137. The van der Waals surface area contributed by atoms with Gasteiger partial charge in [0.25, 0.3) is 0 Å². The zero-order valence-electron chi connectivity index (χ0n) is 15.1. The van der Waals surface area contributed by atoms with Crippen molar-refractivity contribution in [2.75, 3.05) is 13.1 Å². The van der Waals surface area contributed by atoms with Crippen LogP contribution >= 0.6 is 0 Å². The molecule has 25 heavy (non-hydrogen) atoms. The van der Waals surface area contributed by atoms with Gasteiger partial charge in [-0.05, 0) is 37.3 Å². The van der Waals surface area contributed by atoms with E-state index >= 15 is 0 Å². The first-order valence-corrected chi connectivity index (χ1v) is 9.42. The molecule has 5 nitrogen and oxygen atoms in total. The van der Waals surface area contributed by atoms with E-state index in [0.717, 1.165) is 45.2 Å². The molecule has 1 aliphatic carbocycles. The van der Waals surface area contributed by atoms with Gasteiger partial charge in [-0.25, -0.2) is 0 Å². The fraction of sp³-hybridized carbons (Fsp3) is 0.600. The monoisotopic (exact) mass is 343 g/mol. The lowest BCUT2D eigenvalue weighted by atomic mass is 9.92. The highest BCUT2D eigenvalue weighted by atomic mass is 16.2. The lowest BCUT2D eigenvalue weighted by molar-refractivity contribution is -0.133. The highest BCUT2D eigenvalue weighted by molar-refractivity contribution is 5.87. The number of benzene rings is 1. The molecule has 1 unspecified atom stereocenters. The number of carbonyl (C=O) groups is 2. The summed E-state index contributed by atoms with van der Waals surface area (Å²) in [6.45, 7) is 4.33. The number of rotatable bonds is 6. The Hall–Kier alpha value is -1.88. The lowest BCUT2D eigenvalue weighted by Gasteiger charge is -2.33. The number of hydrogen-bond donors (Lipinski definition) is 3. The van der Waals surface area contributed by atoms with Gasteiger partial charge in [-0.2, -0.15) is 0 Å². The van der Waals surface area contributed by atoms with Crippen molar-refractivity contribution >= 4 is 11.8 Å². The Morgan fingerprint density at radius 3 is 2.76 bits per heavy atom. The maximum absolute atomic E-state index is 12.7. The molecule has 1 saturated carbocycles. The van der Waals surface area contributed by atoms with Crippen LogP contribution < -0.4 is 16.0 Å². The highest BCUT2D eigenvalue weighted by Gasteiger charge is 2.37. The van der Waals surface area contributed by atoms with Crippen molar-refractivity contribution in [2.45, 2.75) is 57.5 Å². The van der Waals surface area contributed by atoms with E-state index < -0.39 is 0 Å². The molecule has 3 rings (SSSR count). The minimum atomic E-state index is -0.178. The molecule has 1 aliphatic heterocycles. The van der Waals surface area contributed by atoms with Gasteiger partial charge < -0.3 is 16.0 Å². The molecule has 2 amide bonds. The Morgan fingerprint density at radius 1 is 1.28 bits per heavy atom. The molecular weight excluding hydrogens is 314 g/mol. The van der Waals surface area contributed by atoms with Gasteiger partial charge in [0.2, 0.25) is 11.8 Å². The average Bonchev–Trinajstić information content (AvgIpc) is 3.05. The van der Waals surface area contributed by atoms with E-state index in [-0.39, 0.29) is 23.3 Å². The van der Waals surface area contributed by atoms with Crippen LogP contribution in [0.1, 0.15) is 49.7 Å². The number of hydrogen-bond acceptors (Lipinski definition) is 3. The van der Waals surface area contributed by atoms with Crippen LogP contribution in [0.25, 0.3) is 0 Å². The van der Waals surface area contributed by atoms with Crippen molar-refractivity contribution in [3.63, 3.8) is 0 Å². The number of carbonyl (C=O) groups excluding carboxylic acids is 2. The van der Waals surface area contributed by atoms with Gasteiger partial charge >= 0.3 is 0 Å². The molecule has 1 heterocycles. The SMILES string of the molecule is Cc1ccccc1CNCC1(NC(=O)C2CCNC(=O)C2)CCCC1. The third-order valence-corrected chi connectivity index (χ3v) is 5.61. The largest absolute Gasteiger partial charge is 0.356 e. The van der Waals surface area contributed by atoms with Crippen LogP contribution in [0.5, 0.6) is 0 Å². The van der Waals surface area contributed by atoms with Gasteiger partial charge in [-0.3, -0.25) is 9.59 Å². The van der Waals surface area contributed by atoms with Gasteiger partial charge in [0.15, 0.2) is 0 Å². The van der Waals surface area contributed by atoms with E-state index in [4.69, 9.17) is 0 Å². The van der Waals surface area contributed by atoms with E-state index in [0.29, 0.717) is 13.0 Å². The second-order valence-corrected chi connectivity index (χ2v) is 7.55. The van der Waals surface area contributed by atoms with Crippen LogP contribution in [0.2, 0.25) is 0 Å². The zero-order valence-corrected chi connectivity index (χ0v) is 15.1. The molecule has 1 saturated heterocycles. The van der Waals surface area contributed by atoms with Crippen molar-refractivity contribution in [3.8, 4) is 0 Å². The summed E-state index contributed by atoms with van der Waals surface area (Å²) in [4.78, 5) is 24.2. The smallest absolute Gasteiger partial charge is 0.224 e. The molecule has 5 heteroatoms. The maximum atomic E-state index is 12.7. The minimum Gasteiger partial charge on any atom is -0.356 e. The molecule has 0 spiro atoms. The van der Waals surface area contributed by atoms with E-state index in [1.54, 1.807) is 0 Å². The summed E-state index contributed by atoms with van der Waals surface area (Å²) >= 11 is 0. The summed E-state index contributed by atoms with van der Waals surface area (Å²) in [6.07, 6.45) is 5.38. The summed E-state index contributed by atoms with van der Waals surface area (Å²) in [7, 11) is 0. The first-order chi connectivity index (χ1) is 12.1. The molecule has 1 aromatic carbocycles. The van der Waals surface area contributed by atoms with Gasteiger partial charge in [0.1, 0.15) is 0 Å². The van der Waals surface area contributed by atoms with Crippen LogP contribution in [0.4, 0.5) is 0 Å². The molecular formula is C20H29N3O2. The van der Waals surface area contributed by atoms with Crippen molar-refractivity contribution in [1.82, 2.24) is 16.0 Å². The van der Waals surface area contributed by atoms with Gasteiger partial charge in [-0.1, -0.05) is 37.1 Å². The molecule has 2 fully saturated rings. The molecule has 0 aromatic heterocycles. The normalized spacial score (nSPS) is 22.4. The fourth-order valence-electron chi connectivity index (χ4n) is 4.01. The van der Waals surface area contributed by atoms with Crippen molar-refractivity contribution in [2.24, 2.45) is 5.92 Å².